The zero-order valence-corrected chi connectivity index (χ0v) is 13.4. The fraction of sp³-hybridized carbons (Fsp3) is 0.188. The van der Waals surface area contributed by atoms with Crippen LogP contribution in [0.3, 0.4) is 0 Å². The normalized spacial score (nSPS) is 12.6. The van der Waals surface area contributed by atoms with E-state index in [1.165, 1.54) is 36.4 Å². The van der Waals surface area contributed by atoms with Crippen LogP contribution >= 0.6 is 11.8 Å². The van der Waals surface area contributed by atoms with Crippen LogP contribution in [0.4, 0.5) is 18.9 Å². The van der Waals surface area contributed by atoms with Crippen molar-refractivity contribution in [2.24, 2.45) is 0 Å². The number of nitro groups is 1. The summed E-state index contributed by atoms with van der Waals surface area (Å²) in [6.07, 6.45) is 0. The minimum atomic E-state index is -4.65. The van der Waals surface area contributed by atoms with Gasteiger partial charge in [0.1, 0.15) is 0 Å². The Kier molecular flexibility index (Phi) is 6.16. The van der Waals surface area contributed by atoms with Crippen LogP contribution in [0.15, 0.2) is 54.6 Å². The maximum absolute atomic E-state index is 12.7. The lowest BCUT2D eigenvalue weighted by Crippen LogP contribution is -2.25. The number of rotatable bonds is 7. The first-order chi connectivity index (χ1) is 11.8. The van der Waals surface area contributed by atoms with Crippen molar-refractivity contribution in [3.8, 4) is 0 Å². The molecule has 0 heterocycles. The summed E-state index contributed by atoms with van der Waals surface area (Å²) in [6.45, 7) is -0.287. The summed E-state index contributed by atoms with van der Waals surface area (Å²) < 4.78 is 43.3. The molecule has 2 aromatic carbocycles. The lowest BCUT2D eigenvalue weighted by molar-refractivity contribution is -0.384. The number of carbonyl (C=O) groups excluding carboxylic acids is 1. The largest absolute Gasteiger partial charge is 0.444 e. The van der Waals surface area contributed by atoms with Crippen molar-refractivity contribution in [1.82, 2.24) is 0 Å². The summed E-state index contributed by atoms with van der Waals surface area (Å²) in [4.78, 5) is 22.2. The number of ether oxygens (including phenoxy) is 1. The Morgan fingerprint density at radius 3 is 2.24 bits per heavy atom. The molecule has 0 bridgehead atoms. The van der Waals surface area contributed by atoms with Crippen molar-refractivity contribution in [3.63, 3.8) is 0 Å². The van der Waals surface area contributed by atoms with Gasteiger partial charge in [0.25, 0.3) is 5.69 Å². The van der Waals surface area contributed by atoms with Crippen LogP contribution < -0.4 is 0 Å². The second kappa shape index (κ2) is 8.13. The molecular formula is C16H12F3NO4S. The second-order valence-corrected chi connectivity index (χ2v) is 5.99. The van der Waals surface area contributed by atoms with Gasteiger partial charge >= 0.3 is 5.51 Å². The van der Waals surface area contributed by atoms with Crippen molar-refractivity contribution < 1.29 is 27.6 Å². The molecule has 0 aromatic heterocycles. The fourth-order valence-corrected chi connectivity index (χ4v) is 2.53. The first-order valence-corrected chi connectivity index (χ1v) is 7.83. The van der Waals surface area contributed by atoms with Crippen molar-refractivity contribution in [3.05, 3.63) is 75.8 Å². The van der Waals surface area contributed by atoms with E-state index < -0.39 is 33.4 Å². The van der Waals surface area contributed by atoms with Gasteiger partial charge in [-0.15, -0.1) is 0 Å². The van der Waals surface area contributed by atoms with E-state index in [0.29, 0.717) is 5.56 Å². The van der Waals surface area contributed by atoms with Gasteiger partial charge in [0.15, 0.2) is 5.44 Å². The molecule has 9 heteroatoms. The van der Waals surface area contributed by atoms with Crippen LogP contribution in [0.25, 0.3) is 0 Å². The summed E-state index contributed by atoms with van der Waals surface area (Å²) in [7, 11) is 0. The predicted octanol–water partition coefficient (Wildman–Crippen LogP) is 4.57. The number of hydrogen-bond donors (Lipinski definition) is 0. The van der Waals surface area contributed by atoms with Crippen molar-refractivity contribution in [2.75, 3.05) is 0 Å². The topological polar surface area (TPSA) is 69.4 Å². The van der Waals surface area contributed by atoms with Crippen LogP contribution in [-0.2, 0) is 11.3 Å². The van der Waals surface area contributed by atoms with E-state index in [1.54, 1.807) is 18.2 Å². The third-order valence-corrected chi connectivity index (χ3v) is 3.89. The van der Waals surface area contributed by atoms with Gasteiger partial charge in [-0.2, -0.15) is 13.2 Å². The number of non-ortho nitro benzene ring substituents is 1. The van der Waals surface area contributed by atoms with Crippen molar-refractivity contribution in [1.29, 1.82) is 0 Å². The monoisotopic (exact) mass is 371 g/mol. The standard InChI is InChI=1S/C16H12F3NO4S/c17-16(18,19)25-15(14(21)12-4-2-1-3-5-12)24-10-11-6-8-13(9-7-11)20(22)23/h1-9,15H,10H2. The van der Waals surface area contributed by atoms with Crippen molar-refractivity contribution >= 4 is 23.2 Å². The summed E-state index contributed by atoms with van der Waals surface area (Å²) in [6, 6.07) is 12.7. The number of halogens is 3. The van der Waals surface area contributed by atoms with Gasteiger partial charge in [-0.05, 0) is 29.5 Å². The summed E-state index contributed by atoms with van der Waals surface area (Å²) in [5.41, 5.74) is -6.04. The predicted molar refractivity (Wildman–Crippen MR) is 86.1 cm³/mol. The maximum atomic E-state index is 12.7. The van der Waals surface area contributed by atoms with Crippen molar-refractivity contribution in [2.45, 2.75) is 17.6 Å². The average Bonchev–Trinajstić information content (AvgIpc) is 2.58. The SMILES string of the molecule is O=C(c1ccccc1)C(OCc1ccc([N+](=O)[O-])cc1)SC(F)(F)F. The Balaban J connectivity index is 2.10. The molecule has 132 valence electrons. The number of nitro benzene ring substituents is 1. The highest BCUT2D eigenvalue weighted by Crippen LogP contribution is 2.36. The molecule has 0 fully saturated rings. The van der Waals surface area contributed by atoms with E-state index in [9.17, 15) is 28.1 Å². The summed E-state index contributed by atoms with van der Waals surface area (Å²) in [5.74, 6) is -0.801. The van der Waals surface area contributed by atoms with E-state index in [4.69, 9.17) is 4.74 Å². The molecule has 5 nitrogen and oxygen atoms in total. The number of ketones is 1. The molecule has 0 aliphatic rings. The zero-order valence-electron chi connectivity index (χ0n) is 12.6. The minimum Gasteiger partial charge on any atom is -0.354 e. The van der Waals surface area contributed by atoms with Gasteiger partial charge in [-0.25, -0.2) is 0 Å². The number of hydrogen-bond acceptors (Lipinski definition) is 5. The number of nitrogens with zero attached hydrogens (tertiary/aromatic N) is 1. The Morgan fingerprint density at radius 2 is 1.72 bits per heavy atom. The Hall–Kier alpha value is -2.39. The fourth-order valence-electron chi connectivity index (χ4n) is 1.91. The van der Waals surface area contributed by atoms with Gasteiger partial charge in [0, 0.05) is 17.7 Å². The van der Waals surface area contributed by atoms with E-state index in [-0.39, 0.29) is 17.9 Å². The summed E-state index contributed by atoms with van der Waals surface area (Å²) >= 11 is -0.548. The lowest BCUT2D eigenvalue weighted by atomic mass is 10.1. The van der Waals surface area contributed by atoms with Crippen LogP contribution in [0, 0.1) is 10.1 Å². The first kappa shape index (κ1) is 18.9. The molecule has 0 aliphatic heterocycles. The number of carbonyl (C=O) groups is 1. The Labute approximate surface area is 144 Å². The van der Waals surface area contributed by atoms with Gasteiger partial charge < -0.3 is 4.74 Å². The molecule has 0 aliphatic carbocycles. The van der Waals surface area contributed by atoms with E-state index in [0.717, 1.165) is 0 Å². The van der Waals surface area contributed by atoms with E-state index >= 15 is 0 Å². The molecule has 25 heavy (non-hydrogen) atoms. The quantitative estimate of drug-likeness (QED) is 0.309. The second-order valence-electron chi connectivity index (χ2n) is 4.86. The molecule has 2 rings (SSSR count). The highest BCUT2D eigenvalue weighted by molar-refractivity contribution is 8.01. The first-order valence-electron chi connectivity index (χ1n) is 6.95. The molecule has 1 unspecified atom stereocenters. The summed E-state index contributed by atoms with van der Waals surface area (Å²) in [5, 5.41) is 10.6. The molecule has 0 amide bonds. The molecule has 0 radical (unpaired) electrons. The third kappa shape index (κ3) is 5.87. The Morgan fingerprint density at radius 1 is 1.12 bits per heavy atom. The van der Waals surface area contributed by atoms with Gasteiger partial charge in [-0.1, -0.05) is 30.3 Å². The molecule has 0 saturated heterocycles. The number of alkyl halides is 3. The van der Waals surface area contributed by atoms with E-state index in [2.05, 4.69) is 0 Å². The molecule has 0 spiro atoms. The molecule has 1 atom stereocenters. The van der Waals surface area contributed by atoms with Crippen LogP contribution in [0.5, 0.6) is 0 Å². The van der Waals surface area contributed by atoms with Gasteiger partial charge in [0.2, 0.25) is 5.78 Å². The van der Waals surface area contributed by atoms with E-state index in [1.807, 2.05) is 0 Å². The molecule has 2 aromatic rings. The lowest BCUT2D eigenvalue weighted by Gasteiger charge is -2.18. The number of Topliss-reactive ketones (excluding diaryl/α,β-unsaturated/α-hetero) is 1. The maximum Gasteiger partial charge on any atom is 0.444 e. The Bertz CT molecular complexity index is 735. The third-order valence-electron chi connectivity index (χ3n) is 3.06. The average molecular weight is 371 g/mol. The molecule has 0 saturated carbocycles. The number of benzene rings is 2. The van der Waals surface area contributed by atoms with Crippen LogP contribution in [0.1, 0.15) is 15.9 Å². The highest BCUT2D eigenvalue weighted by Gasteiger charge is 2.37. The van der Waals surface area contributed by atoms with Crippen LogP contribution in [-0.4, -0.2) is 21.7 Å². The zero-order chi connectivity index (χ0) is 18.4. The van der Waals surface area contributed by atoms with Crippen LogP contribution in [0.2, 0.25) is 0 Å². The number of thioether (sulfide) groups is 1. The smallest absolute Gasteiger partial charge is 0.354 e. The molecule has 0 N–H and O–H groups in total. The molecular weight excluding hydrogens is 359 g/mol. The van der Waals surface area contributed by atoms with Gasteiger partial charge in [-0.3, -0.25) is 14.9 Å². The van der Waals surface area contributed by atoms with Gasteiger partial charge in [0.05, 0.1) is 11.5 Å². The minimum absolute atomic E-state index is 0.105. The highest BCUT2D eigenvalue weighted by atomic mass is 32.2.